The largest absolute Gasteiger partial charge is 0.457 e. The monoisotopic (exact) mass is 416 g/mol. The molecule has 3 rings (SSSR count). The molecule has 2 aromatic carbocycles. The van der Waals surface area contributed by atoms with Crippen molar-refractivity contribution in [1.29, 1.82) is 0 Å². The van der Waals surface area contributed by atoms with Crippen molar-refractivity contribution in [2.75, 3.05) is 25.6 Å². The number of thioether (sulfide) groups is 1. The summed E-state index contributed by atoms with van der Waals surface area (Å²) >= 11 is 6.47. The summed E-state index contributed by atoms with van der Waals surface area (Å²) in [6, 6.07) is 16.5. The number of benzene rings is 2. The van der Waals surface area contributed by atoms with Crippen LogP contribution in [0.25, 0.3) is 0 Å². The molecule has 146 valence electrons. The molecule has 1 fully saturated rings. The van der Waals surface area contributed by atoms with Crippen molar-refractivity contribution in [3.63, 3.8) is 0 Å². The maximum absolute atomic E-state index is 12.4. The van der Waals surface area contributed by atoms with Crippen LogP contribution in [0, 0.1) is 0 Å². The maximum Gasteiger partial charge on any atom is 0.242 e. The van der Waals surface area contributed by atoms with E-state index in [0.29, 0.717) is 28.9 Å². The number of amides is 2. The van der Waals surface area contributed by atoms with Gasteiger partial charge in [-0.15, -0.1) is 0 Å². The smallest absolute Gasteiger partial charge is 0.242 e. The Morgan fingerprint density at radius 3 is 2.50 bits per heavy atom. The van der Waals surface area contributed by atoms with Crippen molar-refractivity contribution < 1.29 is 19.1 Å². The molecule has 1 atom stereocenters. The molecule has 1 N–H and O–H groups in total. The second-order valence-corrected chi connectivity index (χ2v) is 7.88. The van der Waals surface area contributed by atoms with Crippen LogP contribution in [0.15, 0.2) is 54.6 Å². The number of hydrogen-bond donors (Lipinski definition) is 1. The van der Waals surface area contributed by atoms with Crippen LogP contribution in [0.4, 0.5) is 5.69 Å². The number of para-hydroxylation sites is 1. The average Bonchev–Trinajstić information content (AvgIpc) is 2.95. The molecule has 1 saturated heterocycles. The number of nitrogens with zero attached hydrogens (tertiary/aromatic N) is 1. The Morgan fingerprint density at radius 2 is 1.82 bits per heavy atom. The summed E-state index contributed by atoms with van der Waals surface area (Å²) in [5, 5.41) is 2.31. The predicted octanol–water partition coefficient (Wildman–Crippen LogP) is 3.68. The summed E-state index contributed by atoms with van der Waals surface area (Å²) in [6.07, 6.45) is 0.0649. The third-order valence-corrected chi connectivity index (χ3v) is 5.60. The molecule has 1 aliphatic heterocycles. The molecule has 0 spiro atoms. The Bertz CT molecular complexity index is 843. The topological polar surface area (TPSA) is 67.9 Å². The predicted molar refractivity (Wildman–Crippen MR) is 114 cm³/mol. The van der Waals surface area contributed by atoms with Crippen molar-refractivity contribution in [2.45, 2.75) is 11.7 Å². The Labute approximate surface area is 173 Å². The summed E-state index contributed by atoms with van der Waals surface area (Å²) < 4.78 is 11.2. The van der Waals surface area contributed by atoms with E-state index in [2.05, 4.69) is 5.32 Å². The number of methoxy groups -OCH3 is 1. The first kappa shape index (κ1) is 20.3. The second-order valence-electron chi connectivity index (χ2n) is 6.05. The molecule has 0 radical (unpaired) electrons. The Kier molecular flexibility index (Phi) is 7.02. The van der Waals surface area contributed by atoms with Crippen LogP contribution in [0.2, 0.25) is 0 Å². The Morgan fingerprint density at radius 1 is 1.14 bits per heavy atom. The van der Waals surface area contributed by atoms with Crippen LogP contribution in [-0.4, -0.2) is 46.5 Å². The van der Waals surface area contributed by atoms with E-state index in [4.69, 9.17) is 21.7 Å². The highest BCUT2D eigenvalue weighted by atomic mass is 32.2. The van der Waals surface area contributed by atoms with Gasteiger partial charge in [0.2, 0.25) is 11.8 Å². The standard InChI is InChI=1S/C20H20N2O4S2/c1-25-12-11-22-19(24)17(28-20(22)27)13-18(23)21-14-7-9-16(10-8-14)26-15-5-3-2-4-6-15/h2-10,17H,11-13H2,1H3,(H,21,23). The first-order chi connectivity index (χ1) is 13.6. The molecule has 1 unspecified atom stereocenters. The molecule has 1 aliphatic rings. The van der Waals surface area contributed by atoms with E-state index in [0.717, 1.165) is 5.75 Å². The average molecular weight is 417 g/mol. The van der Waals surface area contributed by atoms with Gasteiger partial charge in [-0.3, -0.25) is 14.5 Å². The zero-order valence-electron chi connectivity index (χ0n) is 15.3. The van der Waals surface area contributed by atoms with E-state index in [1.165, 1.54) is 16.7 Å². The zero-order chi connectivity index (χ0) is 19.9. The minimum Gasteiger partial charge on any atom is -0.457 e. The number of carbonyl (C=O) groups is 2. The third-order valence-electron chi connectivity index (χ3n) is 4.01. The number of anilines is 1. The van der Waals surface area contributed by atoms with Crippen molar-refractivity contribution >= 4 is 45.8 Å². The lowest BCUT2D eigenvalue weighted by atomic mass is 10.2. The van der Waals surface area contributed by atoms with E-state index in [1.54, 1.807) is 31.4 Å². The number of ether oxygens (including phenoxy) is 2. The number of carbonyl (C=O) groups excluding carboxylic acids is 2. The first-order valence-corrected chi connectivity index (χ1v) is 9.99. The van der Waals surface area contributed by atoms with E-state index >= 15 is 0 Å². The molecule has 8 heteroatoms. The SMILES string of the molecule is COCCN1C(=O)C(CC(=O)Nc2ccc(Oc3ccccc3)cc2)SC1=S. The summed E-state index contributed by atoms with van der Waals surface area (Å²) in [7, 11) is 1.57. The first-order valence-electron chi connectivity index (χ1n) is 8.70. The highest BCUT2D eigenvalue weighted by Gasteiger charge is 2.37. The molecular weight excluding hydrogens is 396 g/mol. The minimum absolute atomic E-state index is 0.0649. The van der Waals surface area contributed by atoms with E-state index < -0.39 is 5.25 Å². The Hall–Kier alpha value is -2.42. The number of rotatable bonds is 8. The lowest BCUT2D eigenvalue weighted by Crippen LogP contribution is -2.35. The molecular formula is C20H20N2O4S2. The third kappa shape index (κ3) is 5.31. The van der Waals surface area contributed by atoms with Crippen LogP contribution in [-0.2, 0) is 14.3 Å². The fourth-order valence-corrected chi connectivity index (χ4v) is 4.17. The van der Waals surface area contributed by atoms with Crippen molar-refractivity contribution in [1.82, 2.24) is 4.90 Å². The van der Waals surface area contributed by atoms with Gasteiger partial charge in [-0.1, -0.05) is 42.2 Å². The molecule has 2 aromatic rings. The van der Waals surface area contributed by atoms with Gasteiger partial charge in [-0.25, -0.2) is 0 Å². The summed E-state index contributed by atoms with van der Waals surface area (Å²) in [6.45, 7) is 0.810. The van der Waals surface area contributed by atoms with Gasteiger partial charge < -0.3 is 14.8 Å². The van der Waals surface area contributed by atoms with Crippen LogP contribution in [0.1, 0.15) is 6.42 Å². The normalized spacial score (nSPS) is 16.3. The minimum atomic E-state index is -0.495. The fourth-order valence-electron chi connectivity index (χ4n) is 2.62. The quantitative estimate of drug-likeness (QED) is 0.662. The highest BCUT2D eigenvalue weighted by Crippen LogP contribution is 2.30. The van der Waals surface area contributed by atoms with Gasteiger partial charge in [-0.05, 0) is 36.4 Å². The number of thiocarbonyl (C=S) groups is 1. The van der Waals surface area contributed by atoms with Crippen molar-refractivity contribution in [2.24, 2.45) is 0 Å². The number of nitrogens with one attached hydrogen (secondary N) is 1. The van der Waals surface area contributed by atoms with E-state index in [1.807, 2.05) is 30.3 Å². The van der Waals surface area contributed by atoms with Crippen LogP contribution in [0.5, 0.6) is 11.5 Å². The lowest BCUT2D eigenvalue weighted by Gasteiger charge is -2.14. The van der Waals surface area contributed by atoms with Crippen molar-refractivity contribution in [3.8, 4) is 11.5 Å². The summed E-state index contributed by atoms with van der Waals surface area (Å²) in [5.74, 6) is 1.03. The van der Waals surface area contributed by atoms with Gasteiger partial charge >= 0.3 is 0 Å². The molecule has 2 amide bonds. The Balaban J connectivity index is 1.52. The van der Waals surface area contributed by atoms with E-state index in [9.17, 15) is 9.59 Å². The van der Waals surface area contributed by atoms with Crippen molar-refractivity contribution in [3.05, 3.63) is 54.6 Å². The molecule has 6 nitrogen and oxygen atoms in total. The van der Waals surface area contributed by atoms with Gasteiger partial charge in [-0.2, -0.15) is 0 Å². The molecule has 0 bridgehead atoms. The highest BCUT2D eigenvalue weighted by molar-refractivity contribution is 8.24. The number of hydrogen-bond acceptors (Lipinski definition) is 6. The van der Waals surface area contributed by atoms with E-state index in [-0.39, 0.29) is 18.2 Å². The lowest BCUT2D eigenvalue weighted by molar-refractivity contribution is -0.128. The molecule has 1 heterocycles. The fraction of sp³-hybridized carbons (Fsp3) is 0.250. The molecule has 0 aromatic heterocycles. The van der Waals surface area contributed by atoms with Gasteiger partial charge in [0.1, 0.15) is 15.8 Å². The van der Waals surface area contributed by atoms with Gasteiger partial charge in [0, 0.05) is 19.2 Å². The van der Waals surface area contributed by atoms with Gasteiger partial charge in [0.15, 0.2) is 0 Å². The molecule has 28 heavy (non-hydrogen) atoms. The second kappa shape index (κ2) is 9.68. The maximum atomic E-state index is 12.4. The molecule has 0 aliphatic carbocycles. The zero-order valence-corrected chi connectivity index (χ0v) is 16.9. The summed E-state index contributed by atoms with van der Waals surface area (Å²) in [4.78, 5) is 26.2. The van der Waals surface area contributed by atoms with Gasteiger partial charge in [0.25, 0.3) is 0 Å². The summed E-state index contributed by atoms with van der Waals surface area (Å²) in [5.41, 5.74) is 0.639. The van der Waals surface area contributed by atoms with Gasteiger partial charge in [0.05, 0.1) is 18.4 Å². The van der Waals surface area contributed by atoms with Crippen LogP contribution in [0.3, 0.4) is 0 Å². The van der Waals surface area contributed by atoms with Crippen LogP contribution >= 0.6 is 24.0 Å². The molecule has 0 saturated carbocycles. The van der Waals surface area contributed by atoms with Crippen LogP contribution < -0.4 is 10.1 Å².